The number of amides is 1. The summed E-state index contributed by atoms with van der Waals surface area (Å²) in [5.41, 5.74) is 0.927. The lowest BCUT2D eigenvalue weighted by molar-refractivity contribution is -0.133. The van der Waals surface area contributed by atoms with Crippen molar-refractivity contribution in [3.05, 3.63) is 29.8 Å². The number of nitrogens with one attached hydrogen (secondary N) is 2. The maximum absolute atomic E-state index is 12.6. The zero-order valence-corrected chi connectivity index (χ0v) is 13.1. The molecule has 21 heavy (non-hydrogen) atoms. The van der Waals surface area contributed by atoms with Gasteiger partial charge in [-0.3, -0.25) is 4.79 Å². The van der Waals surface area contributed by atoms with E-state index in [-0.39, 0.29) is 11.3 Å². The van der Waals surface area contributed by atoms with Crippen molar-refractivity contribution in [2.45, 2.75) is 39.2 Å². The second-order valence-electron chi connectivity index (χ2n) is 5.81. The van der Waals surface area contributed by atoms with Crippen LogP contribution in [0.1, 0.15) is 38.2 Å². The van der Waals surface area contributed by atoms with Crippen molar-refractivity contribution in [1.82, 2.24) is 10.6 Å². The van der Waals surface area contributed by atoms with Crippen molar-refractivity contribution < 1.29 is 9.53 Å². The van der Waals surface area contributed by atoms with Gasteiger partial charge in [0.15, 0.2) is 0 Å². The molecule has 1 heterocycles. The normalized spacial score (nSPS) is 17.2. The standard InChI is InChI=1S/C17H26N2O2/c1-3-8-17(9-11-18-12-10-17)16(20)19-13-14-4-6-15(21-2)7-5-14/h4-7,18H,3,8-13H2,1-2H3,(H,19,20). The number of hydrogen-bond donors (Lipinski definition) is 2. The maximum Gasteiger partial charge on any atom is 0.226 e. The number of hydrogen-bond acceptors (Lipinski definition) is 3. The summed E-state index contributed by atoms with van der Waals surface area (Å²) in [5, 5.41) is 6.47. The van der Waals surface area contributed by atoms with Crippen molar-refractivity contribution in [1.29, 1.82) is 0 Å². The molecule has 2 rings (SSSR count). The average molecular weight is 290 g/mol. The Morgan fingerprint density at radius 2 is 1.95 bits per heavy atom. The SMILES string of the molecule is CCCC1(C(=O)NCc2ccc(OC)cc2)CCNCC1. The number of piperidine rings is 1. The molecular formula is C17H26N2O2. The Morgan fingerprint density at radius 3 is 2.52 bits per heavy atom. The number of ether oxygens (including phenoxy) is 1. The van der Waals surface area contributed by atoms with Crippen molar-refractivity contribution in [3.63, 3.8) is 0 Å². The monoisotopic (exact) mass is 290 g/mol. The molecule has 0 saturated carbocycles. The number of carbonyl (C=O) groups is 1. The molecule has 1 aliphatic rings. The summed E-state index contributed by atoms with van der Waals surface area (Å²) in [6.45, 7) is 4.62. The summed E-state index contributed by atoms with van der Waals surface area (Å²) < 4.78 is 5.14. The van der Waals surface area contributed by atoms with Crippen LogP contribution in [0.4, 0.5) is 0 Å². The van der Waals surface area contributed by atoms with Crippen LogP contribution in [0.3, 0.4) is 0 Å². The predicted octanol–water partition coefficient (Wildman–Crippen LogP) is 2.48. The summed E-state index contributed by atoms with van der Waals surface area (Å²) in [6.07, 6.45) is 3.91. The Labute approximate surface area is 127 Å². The molecule has 1 aromatic carbocycles. The zero-order valence-electron chi connectivity index (χ0n) is 13.1. The fourth-order valence-corrected chi connectivity index (χ4v) is 3.09. The van der Waals surface area contributed by atoms with Crippen molar-refractivity contribution in [3.8, 4) is 5.75 Å². The Balaban J connectivity index is 1.94. The third-order valence-electron chi connectivity index (χ3n) is 4.38. The lowest BCUT2D eigenvalue weighted by atomic mass is 9.74. The Hall–Kier alpha value is -1.55. The highest BCUT2D eigenvalue weighted by Crippen LogP contribution is 2.34. The lowest BCUT2D eigenvalue weighted by Gasteiger charge is -2.36. The largest absolute Gasteiger partial charge is 0.497 e. The molecule has 4 nitrogen and oxygen atoms in total. The molecule has 0 radical (unpaired) electrons. The topological polar surface area (TPSA) is 50.4 Å². The van der Waals surface area contributed by atoms with Gasteiger partial charge in [-0.2, -0.15) is 0 Å². The molecule has 0 unspecified atom stereocenters. The first-order chi connectivity index (χ1) is 10.2. The van der Waals surface area contributed by atoms with Crippen molar-refractivity contribution in [2.75, 3.05) is 20.2 Å². The second kappa shape index (κ2) is 7.46. The van der Waals surface area contributed by atoms with Crippen molar-refractivity contribution in [2.24, 2.45) is 5.41 Å². The summed E-state index contributed by atoms with van der Waals surface area (Å²) in [7, 11) is 1.66. The molecule has 4 heteroatoms. The zero-order chi connectivity index (χ0) is 15.1. The summed E-state index contributed by atoms with van der Waals surface area (Å²) in [5.74, 6) is 1.05. The molecule has 0 aliphatic carbocycles. The molecule has 0 bridgehead atoms. The first kappa shape index (κ1) is 15.8. The van der Waals surface area contributed by atoms with E-state index in [0.717, 1.165) is 50.1 Å². The molecular weight excluding hydrogens is 264 g/mol. The van der Waals surface area contributed by atoms with Gasteiger partial charge in [-0.15, -0.1) is 0 Å². The maximum atomic E-state index is 12.6. The molecule has 1 fully saturated rings. The highest BCUT2D eigenvalue weighted by molar-refractivity contribution is 5.82. The molecule has 1 aliphatic heterocycles. The van der Waals surface area contributed by atoms with Gasteiger partial charge in [0.25, 0.3) is 0 Å². The Morgan fingerprint density at radius 1 is 1.29 bits per heavy atom. The lowest BCUT2D eigenvalue weighted by Crippen LogP contribution is -2.47. The van der Waals surface area contributed by atoms with Crippen LogP contribution in [0.2, 0.25) is 0 Å². The Kier molecular flexibility index (Phi) is 5.62. The van der Waals surface area contributed by atoms with Gasteiger partial charge < -0.3 is 15.4 Å². The average Bonchev–Trinajstić information content (AvgIpc) is 2.54. The van der Waals surface area contributed by atoms with E-state index in [2.05, 4.69) is 17.6 Å². The quantitative estimate of drug-likeness (QED) is 0.846. The number of rotatable bonds is 6. The van der Waals surface area contributed by atoms with Gasteiger partial charge in [-0.05, 0) is 50.0 Å². The molecule has 1 saturated heterocycles. The first-order valence-electron chi connectivity index (χ1n) is 7.82. The van der Waals surface area contributed by atoms with Gasteiger partial charge >= 0.3 is 0 Å². The summed E-state index contributed by atoms with van der Waals surface area (Å²) in [4.78, 5) is 12.6. The third-order valence-corrected chi connectivity index (χ3v) is 4.38. The molecule has 0 aromatic heterocycles. The molecule has 0 atom stereocenters. The van der Waals surface area contributed by atoms with E-state index in [1.165, 1.54) is 0 Å². The van der Waals surface area contributed by atoms with Crippen LogP contribution in [-0.4, -0.2) is 26.1 Å². The molecule has 1 aromatic rings. The molecule has 0 spiro atoms. The molecule has 1 amide bonds. The minimum absolute atomic E-state index is 0.174. The third kappa shape index (κ3) is 3.97. The highest BCUT2D eigenvalue weighted by atomic mass is 16.5. The highest BCUT2D eigenvalue weighted by Gasteiger charge is 2.38. The van der Waals surface area contributed by atoms with Gasteiger partial charge in [-0.1, -0.05) is 25.5 Å². The minimum Gasteiger partial charge on any atom is -0.497 e. The fourth-order valence-electron chi connectivity index (χ4n) is 3.09. The van der Waals surface area contributed by atoms with Crippen LogP contribution in [0.5, 0.6) is 5.75 Å². The van der Waals surface area contributed by atoms with Crippen LogP contribution < -0.4 is 15.4 Å². The van der Waals surface area contributed by atoms with Gasteiger partial charge in [-0.25, -0.2) is 0 Å². The van der Waals surface area contributed by atoms with Gasteiger partial charge in [0, 0.05) is 6.54 Å². The van der Waals surface area contributed by atoms with E-state index in [9.17, 15) is 4.79 Å². The first-order valence-corrected chi connectivity index (χ1v) is 7.82. The number of carbonyl (C=O) groups excluding carboxylic acids is 1. The summed E-state index contributed by atoms with van der Waals surface area (Å²) >= 11 is 0. The van der Waals surface area contributed by atoms with E-state index in [0.29, 0.717) is 6.54 Å². The van der Waals surface area contributed by atoms with E-state index in [1.807, 2.05) is 24.3 Å². The van der Waals surface area contributed by atoms with Crippen LogP contribution in [0, 0.1) is 5.41 Å². The van der Waals surface area contributed by atoms with E-state index in [4.69, 9.17) is 4.74 Å². The summed E-state index contributed by atoms with van der Waals surface area (Å²) in [6, 6.07) is 7.84. The molecule has 116 valence electrons. The predicted molar refractivity (Wildman–Crippen MR) is 84.3 cm³/mol. The van der Waals surface area contributed by atoms with Crippen LogP contribution in [-0.2, 0) is 11.3 Å². The molecule has 2 N–H and O–H groups in total. The van der Waals surface area contributed by atoms with Crippen LogP contribution in [0.15, 0.2) is 24.3 Å². The van der Waals surface area contributed by atoms with Gasteiger partial charge in [0.05, 0.1) is 12.5 Å². The van der Waals surface area contributed by atoms with Gasteiger partial charge in [0.1, 0.15) is 5.75 Å². The van der Waals surface area contributed by atoms with E-state index < -0.39 is 0 Å². The second-order valence-corrected chi connectivity index (χ2v) is 5.81. The van der Waals surface area contributed by atoms with Crippen molar-refractivity contribution >= 4 is 5.91 Å². The number of benzene rings is 1. The number of methoxy groups -OCH3 is 1. The van der Waals surface area contributed by atoms with Gasteiger partial charge in [0.2, 0.25) is 5.91 Å². The fraction of sp³-hybridized carbons (Fsp3) is 0.588. The van der Waals surface area contributed by atoms with E-state index in [1.54, 1.807) is 7.11 Å². The smallest absolute Gasteiger partial charge is 0.226 e. The van der Waals surface area contributed by atoms with Crippen LogP contribution in [0.25, 0.3) is 0 Å². The minimum atomic E-state index is -0.174. The van der Waals surface area contributed by atoms with Crippen LogP contribution >= 0.6 is 0 Å². The Bertz CT molecular complexity index is 445. The van der Waals surface area contributed by atoms with E-state index >= 15 is 0 Å².